The second-order valence-corrected chi connectivity index (χ2v) is 10.3. The summed E-state index contributed by atoms with van der Waals surface area (Å²) in [5, 5.41) is 0. The van der Waals surface area contributed by atoms with E-state index in [0.717, 1.165) is 10.5 Å². The van der Waals surface area contributed by atoms with Gasteiger partial charge in [0.15, 0.2) is 5.41 Å². The number of amides is 2. The minimum atomic E-state index is -1.86. The van der Waals surface area contributed by atoms with E-state index < -0.39 is 41.3 Å². The lowest BCUT2D eigenvalue weighted by Gasteiger charge is -2.35. The first-order valence-corrected chi connectivity index (χ1v) is 11.8. The highest BCUT2D eigenvalue weighted by atomic mass is 16.6. The van der Waals surface area contributed by atoms with Crippen LogP contribution in [-0.4, -0.2) is 40.8 Å². The van der Waals surface area contributed by atoms with Crippen molar-refractivity contribution >= 4 is 23.8 Å². The molecule has 0 N–H and O–H groups in total. The van der Waals surface area contributed by atoms with Crippen molar-refractivity contribution in [2.45, 2.75) is 59.7 Å². The molecule has 3 rings (SSSR count). The number of imide groups is 1. The van der Waals surface area contributed by atoms with Crippen LogP contribution < -0.4 is 0 Å². The van der Waals surface area contributed by atoms with E-state index in [0.29, 0.717) is 6.42 Å². The number of nitrogens with zero attached hydrogens (tertiary/aromatic N) is 1. The molecule has 0 fully saturated rings. The molecule has 1 aliphatic rings. The van der Waals surface area contributed by atoms with Gasteiger partial charge in [0.2, 0.25) is 0 Å². The van der Waals surface area contributed by atoms with Gasteiger partial charge in [-0.2, -0.15) is 0 Å². The van der Waals surface area contributed by atoms with Crippen LogP contribution in [0.4, 0.5) is 0 Å². The fraction of sp³-hybridized carbons (Fsp3) is 0.429. The van der Waals surface area contributed by atoms with Crippen molar-refractivity contribution in [3.8, 4) is 0 Å². The van der Waals surface area contributed by atoms with Crippen molar-refractivity contribution in [1.29, 1.82) is 0 Å². The number of rotatable bonds is 9. The predicted octanol–water partition coefficient (Wildman–Crippen LogP) is 4.79. The molecule has 0 radical (unpaired) electrons. The van der Waals surface area contributed by atoms with Crippen molar-refractivity contribution in [2.24, 2.45) is 11.3 Å². The molecule has 2 aromatic carbocycles. The second-order valence-electron chi connectivity index (χ2n) is 10.3. The number of hydrogen-bond donors (Lipinski definition) is 0. The molecule has 0 saturated carbocycles. The topological polar surface area (TPSA) is 90.0 Å². The zero-order chi connectivity index (χ0) is 25.8. The molecule has 0 bridgehead atoms. The fourth-order valence-electron chi connectivity index (χ4n) is 3.92. The van der Waals surface area contributed by atoms with Gasteiger partial charge in [-0.1, -0.05) is 56.3 Å². The molecule has 0 spiro atoms. The molecule has 1 heterocycles. The highest BCUT2D eigenvalue weighted by Gasteiger charge is 2.54. The average molecular weight is 480 g/mol. The van der Waals surface area contributed by atoms with E-state index in [9.17, 15) is 19.2 Å². The predicted molar refractivity (Wildman–Crippen MR) is 130 cm³/mol. The highest BCUT2D eigenvalue weighted by Crippen LogP contribution is 2.36. The Morgan fingerprint density at radius 1 is 0.857 bits per heavy atom. The largest absolute Gasteiger partial charge is 0.460 e. The summed E-state index contributed by atoms with van der Waals surface area (Å²) in [6, 6.07) is 15.6. The van der Waals surface area contributed by atoms with Crippen LogP contribution in [0.1, 0.15) is 73.7 Å². The van der Waals surface area contributed by atoms with Crippen LogP contribution >= 0.6 is 0 Å². The summed E-state index contributed by atoms with van der Waals surface area (Å²) in [6.45, 7) is 8.55. The van der Waals surface area contributed by atoms with E-state index in [1.54, 1.807) is 57.2 Å². The number of benzene rings is 2. The van der Waals surface area contributed by atoms with E-state index in [1.165, 1.54) is 0 Å². The van der Waals surface area contributed by atoms with E-state index in [-0.39, 0.29) is 30.1 Å². The van der Waals surface area contributed by atoms with Gasteiger partial charge in [0.25, 0.3) is 11.8 Å². The van der Waals surface area contributed by atoms with Crippen molar-refractivity contribution in [2.75, 3.05) is 6.54 Å². The van der Waals surface area contributed by atoms with Crippen LogP contribution in [0.5, 0.6) is 0 Å². The first-order chi connectivity index (χ1) is 16.4. The smallest absolute Gasteiger partial charge is 0.325 e. The van der Waals surface area contributed by atoms with Crippen LogP contribution in [0.25, 0.3) is 0 Å². The highest BCUT2D eigenvalue weighted by molar-refractivity contribution is 6.21. The lowest BCUT2D eigenvalue weighted by molar-refractivity contribution is -0.181. The van der Waals surface area contributed by atoms with Gasteiger partial charge in [-0.25, -0.2) is 0 Å². The van der Waals surface area contributed by atoms with E-state index in [2.05, 4.69) is 0 Å². The minimum Gasteiger partial charge on any atom is -0.460 e. The maximum atomic E-state index is 13.7. The Hall–Kier alpha value is -3.48. The van der Waals surface area contributed by atoms with E-state index in [4.69, 9.17) is 9.47 Å². The quantitative estimate of drug-likeness (QED) is 0.292. The maximum absolute atomic E-state index is 13.7. The monoisotopic (exact) mass is 479 g/mol. The standard InChI is InChI=1S/C28H33NO6/c1-19(2)15-16-28(26(33)35-27(3,4)5,25(32)34-17-20-11-7-6-8-12-20)18-29-23(30)21-13-9-10-14-22(21)24(29)31/h6-14,19H,15-18H2,1-5H3. The summed E-state index contributed by atoms with van der Waals surface area (Å²) in [4.78, 5) is 54.6. The Kier molecular flexibility index (Phi) is 7.78. The van der Waals surface area contributed by atoms with Gasteiger partial charge in [-0.15, -0.1) is 0 Å². The summed E-state index contributed by atoms with van der Waals surface area (Å²) in [5.74, 6) is -2.55. The number of ether oxygens (including phenoxy) is 2. The van der Waals surface area contributed by atoms with Crippen molar-refractivity contribution < 1.29 is 28.7 Å². The molecule has 2 aromatic rings. The molecule has 7 nitrogen and oxygen atoms in total. The molecule has 35 heavy (non-hydrogen) atoms. The number of esters is 2. The van der Waals surface area contributed by atoms with Crippen LogP contribution in [0.15, 0.2) is 54.6 Å². The summed E-state index contributed by atoms with van der Waals surface area (Å²) in [7, 11) is 0. The van der Waals surface area contributed by atoms with Gasteiger partial charge in [-0.3, -0.25) is 24.1 Å². The number of fused-ring (bicyclic) bond motifs is 1. The summed E-state index contributed by atoms with van der Waals surface area (Å²) in [5.41, 5.74) is -1.50. The van der Waals surface area contributed by atoms with Gasteiger partial charge < -0.3 is 9.47 Å². The zero-order valence-corrected chi connectivity index (χ0v) is 21.0. The lowest BCUT2D eigenvalue weighted by atomic mass is 9.80. The SMILES string of the molecule is CC(C)CCC(CN1C(=O)c2ccccc2C1=O)(C(=O)OCc1ccccc1)C(=O)OC(C)(C)C. The van der Waals surface area contributed by atoms with Gasteiger partial charge in [-0.05, 0) is 57.2 Å². The van der Waals surface area contributed by atoms with Crippen molar-refractivity contribution in [3.63, 3.8) is 0 Å². The minimum absolute atomic E-state index is 0.0476. The Morgan fingerprint density at radius 2 is 1.40 bits per heavy atom. The van der Waals surface area contributed by atoms with Crippen LogP contribution in [0.2, 0.25) is 0 Å². The fourth-order valence-corrected chi connectivity index (χ4v) is 3.92. The molecule has 1 atom stereocenters. The Labute approximate surface area is 206 Å². The summed E-state index contributed by atoms with van der Waals surface area (Å²) < 4.78 is 11.3. The lowest BCUT2D eigenvalue weighted by Crippen LogP contribution is -2.53. The zero-order valence-electron chi connectivity index (χ0n) is 21.0. The van der Waals surface area contributed by atoms with Crippen LogP contribution in [0, 0.1) is 11.3 Å². The number of carbonyl (C=O) groups excluding carboxylic acids is 4. The van der Waals surface area contributed by atoms with Gasteiger partial charge in [0, 0.05) is 0 Å². The van der Waals surface area contributed by atoms with Gasteiger partial charge in [0.05, 0.1) is 17.7 Å². The van der Waals surface area contributed by atoms with Crippen LogP contribution in [0.3, 0.4) is 0 Å². The maximum Gasteiger partial charge on any atom is 0.325 e. The molecular formula is C28H33NO6. The molecule has 0 aliphatic carbocycles. The molecule has 186 valence electrons. The molecule has 0 saturated heterocycles. The second kappa shape index (κ2) is 10.4. The Morgan fingerprint density at radius 3 is 1.91 bits per heavy atom. The first kappa shape index (κ1) is 26.1. The molecule has 0 aromatic heterocycles. The Bertz CT molecular complexity index is 1070. The van der Waals surface area contributed by atoms with Crippen molar-refractivity contribution in [3.05, 3.63) is 71.3 Å². The third kappa shape index (κ3) is 5.96. The third-order valence-electron chi connectivity index (χ3n) is 5.85. The molecule has 1 aliphatic heterocycles. The average Bonchev–Trinajstić information content (AvgIpc) is 3.04. The molecule has 1 unspecified atom stereocenters. The van der Waals surface area contributed by atoms with Gasteiger partial charge >= 0.3 is 11.9 Å². The summed E-state index contributed by atoms with van der Waals surface area (Å²) in [6.07, 6.45) is 0.559. The Balaban J connectivity index is 2.00. The van der Waals surface area contributed by atoms with Gasteiger partial charge in [0.1, 0.15) is 12.2 Å². The van der Waals surface area contributed by atoms with E-state index in [1.807, 2.05) is 32.0 Å². The van der Waals surface area contributed by atoms with Crippen molar-refractivity contribution in [1.82, 2.24) is 4.90 Å². The molecule has 7 heteroatoms. The third-order valence-corrected chi connectivity index (χ3v) is 5.85. The van der Waals surface area contributed by atoms with E-state index >= 15 is 0 Å². The normalized spacial score (nSPS) is 15.1. The number of hydrogen-bond acceptors (Lipinski definition) is 6. The number of carbonyl (C=O) groups is 4. The first-order valence-electron chi connectivity index (χ1n) is 11.8. The van der Waals surface area contributed by atoms with Crippen LogP contribution in [-0.2, 0) is 25.7 Å². The summed E-state index contributed by atoms with van der Waals surface area (Å²) >= 11 is 0. The molecule has 2 amide bonds. The molecular weight excluding hydrogens is 446 g/mol.